The number of aliphatic hydroxyl groups is 3. The van der Waals surface area contributed by atoms with Crippen molar-refractivity contribution in [2.24, 2.45) is 5.92 Å². The number of nitrogens with two attached hydrogens (primary N) is 1. The Labute approximate surface area is 182 Å². The highest BCUT2D eigenvalue weighted by Gasteiger charge is 2.74. The molecule has 10 heteroatoms. The van der Waals surface area contributed by atoms with E-state index < -0.39 is 23.9 Å². The third-order valence-corrected chi connectivity index (χ3v) is 7.86. The first-order valence-electron chi connectivity index (χ1n) is 10.5. The molecule has 162 valence electrons. The summed E-state index contributed by atoms with van der Waals surface area (Å²) in [7, 11) is 0. The van der Waals surface area contributed by atoms with Crippen LogP contribution in [-0.4, -0.2) is 59.1 Å². The number of fused-ring (bicyclic) bond motifs is 2. The number of aryl methyl sites for hydroxylation is 2. The number of pyridine rings is 1. The lowest BCUT2D eigenvalue weighted by Crippen LogP contribution is -2.42. The molecule has 6 rings (SSSR count). The lowest BCUT2D eigenvalue weighted by molar-refractivity contribution is -0.0262. The molecule has 1 unspecified atom stereocenters. The maximum atomic E-state index is 10.6. The van der Waals surface area contributed by atoms with E-state index in [9.17, 15) is 15.3 Å². The Morgan fingerprint density at radius 3 is 2.58 bits per heavy atom. The Bertz CT molecular complexity index is 1230. The number of thiazole rings is 1. The van der Waals surface area contributed by atoms with Gasteiger partial charge in [-0.05, 0) is 39.2 Å². The van der Waals surface area contributed by atoms with E-state index in [1.165, 1.54) is 0 Å². The van der Waals surface area contributed by atoms with Crippen molar-refractivity contribution in [3.63, 3.8) is 0 Å². The average Bonchev–Trinajstić information content (AvgIpc) is 3.55. The lowest BCUT2D eigenvalue weighted by atomic mass is 10.1. The molecular weight excluding hydrogens is 416 g/mol. The van der Waals surface area contributed by atoms with Gasteiger partial charge in [-0.1, -0.05) is 0 Å². The van der Waals surface area contributed by atoms with Gasteiger partial charge in [0.2, 0.25) is 5.95 Å². The van der Waals surface area contributed by atoms with E-state index in [1.807, 2.05) is 19.9 Å². The zero-order chi connectivity index (χ0) is 21.7. The topological polar surface area (TPSA) is 150 Å². The molecule has 3 aliphatic carbocycles. The summed E-state index contributed by atoms with van der Waals surface area (Å²) in [5.74, 6) is 0.746. The smallest absolute Gasteiger partial charge is 0.222 e. The van der Waals surface area contributed by atoms with Gasteiger partial charge in [-0.15, -0.1) is 11.3 Å². The van der Waals surface area contributed by atoms with Crippen LogP contribution in [0.1, 0.15) is 42.3 Å². The molecule has 0 bridgehead atoms. The lowest BCUT2D eigenvalue weighted by Gasteiger charge is -2.24. The van der Waals surface area contributed by atoms with Crippen LogP contribution in [0.2, 0.25) is 0 Å². The van der Waals surface area contributed by atoms with Gasteiger partial charge in [0.25, 0.3) is 0 Å². The fourth-order valence-corrected chi connectivity index (χ4v) is 6.15. The normalized spacial score (nSPS) is 31.8. The number of hydrogen-bond acceptors (Lipinski definition) is 10. The van der Waals surface area contributed by atoms with Crippen molar-refractivity contribution < 1.29 is 15.3 Å². The number of hydrogen-bond donors (Lipinski definition) is 5. The first-order valence-corrected chi connectivity index (χ1v) is 11.4. The molecule has 5 atom stereocenters. The minimum absolute atomic E-state index is 0.123. The van der Waals surface area contributed by atoms with Crippen LogP contribution in [0.25, 0.3) is 20.8 Å². The minimum atomic E-state index is -1.44. The number of nitrogens with one attached hydrogen (secondary N) is 1. The third kappa shape index (κ3) is 2.78. The number of aliphatic hydroxyl groups excluding tert-OH is 2. The molecule has 3 aliphatic rings. The van der Waals surface area contributed by atoms with E-state index in [2.05, 4.69) is 15.3 Å². The molecule has 3 heterocycles. The summed E-state index contributed by atoms with van der Waals surface area (Å²) < 4.78 is 1.08. The van der Waals surface area contributed by atoms with Crippen LogP contribution in [0, 0.1) is 19.8 Å². The second-order valence-electron chi connectivity index (χ2n) is 9.05. The highest BCUT2D eigenvalue weighted by atomic mass is 32.1. The highest BCUT2D eigenvalue weighted by Crippen LogP contribution is 2.56. The largest absolute Gasteiger partial charge is 0.390 e. The molecule has 0 aromatic carbocycles. The Kier molecular flexibility index (Phi) is 3.93. The Morgan fingerprint density at radius 2 is 1.90 bits per heavy atom. The Morgan fingerprint density at radius 1 is 1.13 bits per heavy atom. The van der Waals surface area contributed by atoms with Gasteiger partial charge in [0, 0.05) is 17.5 Å². The molecule has 0 spiro atoms. The minimum Gasteiger partial charge on any atom is -0.390 e. The molecule has 3 saturated carbocycles. The maximum absolute atomic E-state index is 10.6. The van der Waals surface area contributed by atoms with Crippen LogP contribution in [0.5, 0.6) is 0 Å². The van der Waals surface area contributed by atoms with Crippen molar-refractivity contribution in [3.05, 3.63) is 23.1 Å². The van der Waals surface area contributed by atoms with E-state index in [4.69, 9.17) is 15.7 Å². The SMILES string of the molecule is Cc1cc2sc(-c3c(C)nc(N)nc3N[C@@H]3C[C@@H]4C(O)[C@]4(O)[C@H]3O)nc2c(C2CC2)n1. The van der Waals surface area contributed by atoms with Gasteiger partial charge in [0.15, 0.2) is 0 Å². The fraction of sp³-hybridized carbons (Fsp3) is 0.524. The second-order valence-corrected chi connectivity index (χ2v) is 10.1. The Hall–Kier alpha value is -2.40. The van der Waals surface area contributed by atoms with Crippen molar-refractivity contribution in [2.75, 3.05) is 11.1 Å². The molecule has 0 aliphatic heterocycles. The standard InChI is InChI=1S/C21H24N6O3S/c1-7-5-12-15(14(23-7)9-3-4-9)26-19(31-12)13-8(2)24-20(22)27-18(13)25-11-6-10-16(28)21(10,30)17(11)29/h5,9-11,16-17,28-30H,3-4,6H2,1-2H3,(H3,22,24,25,27)/t10-,11-,16?,17+,21+/m1/s1. The molecule has 0 saturated heterocycles. The maximum Gasteiger partial charge on any atom is 0.222 e. The number of anilines is 2. The quantitative estimate of drug-likeness (QED) is 0.406. The molecule has 6 N–H and O–H groups in total. The van der Waals surface area contributed by atoms with Crippen molar-refractivity contribution in [2.45, 2.75) is 62.9 Å². The summed E-state index contributed by atoms with van der Waals surface area (Å²) in [5.41, 5.74) is 8.86. The molecule has 31 heavy (non-hydrogen) atoms. The first kappa shape index (κ1) is 19.3. The molecule has 3 fully saturated rings. The van der Waals surface area contributed by atoms with E-state index in [-0.39, 0.29) is 11.9 Å². The second kappa shape index (κ2) is 6.32. The van der Waals surface area contributed by atoms with E-state index >= 15 is 0 Å². The molecule has 0 radical (unpaired) electrons. The first-order chi connectivity index (χ1) is 14.8. The van der Waals surface area contributed by atoms with E-state index in [1.54, 1.807) is 11.3 Å². The van der Waals surface area contributed by atoms with Crippen LogP contribution < -0.4 is 11.1 Å². The van der Waals surface area contributed by atoms with Crippen molar-refractivity contribution in [1.82, 2.24) is 19.9 Å². The fourth-order valence-electron chi connectivity index (χ4n) is 4.98. The summed E-state index contributed by atoms with van der Waals surface area (Å²) >= 11 is 1.56. The van der Waals surface area contributed by atoms with Gasteiger partial charge in [0.1, 0.15) is 28.0 Å². The van der Waals surface area contributed by atoms with Crippen LogP contribution >= 0.6 is 11.3 Å². The summed E-state index contributed by atoms with van der Waals surface area (Å²) in [4.78, 5) is 18.4. The molecule has 0 amide bonds. The summed E-state index contributed by atoms with van der Waals surface area (Å²) in [5, 5.41) is 34.9. The van der Waals surface area contributed by atoms with Crippen LogP contribution in [0.15, 0.2) is 6.07 Å². The van der Waals surface area contributed by atoms with Gasteiger partial charge in [-0.25, -0.2) is 9.97 Å². The number of aromatic nitrogens is 4. The van der Waals surface area contributed by atoms with Crippen molar-refractivity contribution >= 4 is 33.3 Å². The van der Waals surface area contributed by atoms with Crippen molar-refractivity contribution in [3.8, 4) is 10.6 Å². The third-order valence-electron chi connectivity index (χ3n) is 6.84. The molecule has 9 nitrogen and oxygen atoms in total. The van der Waals surface area contributed by atoms with Crippen LogP contribution in [0.4, 0.5) is 11.8 Å². The summed E-state index contributed by atoms with van der Waals surface area (Å²) in [6.45, 7) is 3.86. The molecule has 3 aromatic rings. The predicted molar refractivity (Wildman–Crippen MR) is 117 cm³/mol. The highest BCUT2D eigenvalue weighted by molar-refractivity contribution is 7.21. The van der Waals surface area contributed by atoms with Gasteiger partial charge in [0.05, 0.1) is 33.8 Å². The predicted octanol–water partition coefficient (Wildman–Crippen LogP) is 1.49. The monoisotopic (exact) mass is 440 g/mol. The number of rotatable bonds is 4. The number of nitrogen functional groups attached to an aromatic ring is 1. The zero-order valence-electron chi connectivity index (χ0n) is 17.2. The van der Waals surface area contributed by atoms with Gasteiger partial charge in [-0.3, -0.25) is 4.98 Å². The van der Waals surface area contributed by atoms with Gasteiger partial charge >= 0.3 is 0 Å². The molecular formula is C21H24N6O3S. The van der Waals surface area contributed by atoms with E-state index in [0.717, 1.165) is 45.0 Å². The summed E-state index contributed by atoms with van der Waals surface area (Å²) in [6.07, 6.45) is 0.754. The van der Waals surface area contributed by atoms with Crippen LogP contribution in [0.3, 0.4) is 0 Å². The average molecular weight is 441 g/mol. The number of nitrogens with zero attached hydrogens (tertiary/aromatic N) is 4. The van der Waals surface area contributed by atoms with Gasteiger partial charge < -0.3 is 26.4 Å². The van der Waals surface area contributed by atoms with Gasteiger partial charge in [-0.2, -0.15) is 4.98 Å². The zero-order valence-corrected chi connectivity index (χ0v) is 18.0. The molecule has 3 aromatic heterocycles. The van der Waals surface area contributed by atoms with Crippen molar-refractivity contribution in [1.29, 1.82) is 0 Å². The summed E-state index contributed by atoms with van der Waals surface area (Å²) in [6, 6.07) is 1.60. The van der Waals surface area contributed by atoms with Crippen LogP contribution in [-0.2, 0) is 0 Å². The van der Waals surface area contributed by atoms with E-state index in [0.29, 0.717) is 23.9 Å². The Balaban J connectivity index is 1.42.